The number of ether oxygens (including phenoxy) is 2. The number of carbonyl (C=O) groups is 3. The maximum absolute atomic E-state index is 13.3. The van der Waals surface area contributed by atoms with Gasteiger partial charge in [0.05, 0.1) is 6.61 Å². The summed E-state index contributed by atoms with van der Waals surface area (Å²) in [5.41, 5.74) is 1.38. The Morgan fingerprint density at radius 2 is 1.64 bits per heavy atom. The summed E-state index contributed by atoms with van der Waals surface area (Å²) in [6, 6.07) is 5.64. The summed E-state index contributed by atoms with van der Waals surface area (Å²) in [4.78, 5) is 44.2. The van der Waals surface area contributed by atoms with E-state index in [-0.39, 0.29) is 41.7 Å². The molecule has 176 valence electrons. The van der Waals surface area contributed by atoms with E-state index in [1.165, 1.54) is 9.80 Å². The summed E-state index contributed by atoms with van der Waals surface area (Å²) in [5.74, 6) is -1.50. The number of nitrogens with zero attached hydrogens (tertiary/aromatic N) is 3. The molecule has 2 heterocycles. The SMILES string of the molecule is CCOC(=O)C1=Cc2ccc(N(CC)CC)cc2OC1=C1C(=O)N(CC)C(=S)N(CC)C1=O. The molecule has 1 saturated heterocycles. The van der Waals surface area contributed by atoms with Gasteiger partial charge in [-0.3, -0.25) is 19.4 Å². The van der Waals surface area contributed by atoms with Gasteiger partial charge in [0.1, 0.15) is 16.9 Å². The van der Waals surface area contributed by atoms with Crippen LogP contribution in [0.1, 0.15) is 40.2 Å². The van der Waals surface area contributed by atoms with Crippen LogP contribution in [-0.2, 0) is 19.1 Å². The molecule has 0 unspecified atom stereocenters. The van der Waals surface area contributed by atoms with Crippen LogP contribution >= 0.6 is 12.2 Å². The highest BCUT2D eigenvalue weighted by Gasteiger charge is 2.43. The van der Waals surface area contributed by atoms with Gasteiger partial charge >= 0.3 is 5.97 Å². The van der Waals surface area contributed by atoms with Crippen molar-refractivity contribution in [3.8, 4) is 5.75 Å². The van der Waals surface area contributed by atoms with Crippen LogP contribution in [0.3, 0.4) is 0 Å². The van der Waals surface area contributed by atoms with Crippen LogP contribution in [-0.4, -0.2) is 65.5 Å². The van der Waals surface area contributed by atoms with E-state index in [2.05, 4.69) is 18.7 Å². The first kappa shape index (κ1) is 24.4. The highest BCUT2D eigenvalue weighted by molar-refractivity contribution is 7.80. The van der Waals surface area contributed by atoms with Crippen LogP contribution in [0, 0.1) is 0 Å². The first-order valence-corrected chi connectivity index (χ1v) is 11.6. The van der Waals surface area contributed by atoms with Crippen molar-refractivity contribution >= 4 is 46.9 Å². The predicted molar refractivity (Wildman–Crippen MR) is 130 cm³/mol. The zero-order chi connectivity index (χ0) is 24.3. The maximum atomic E-state index is 13.3. The fourth-order valence-electron chi connectivity index (χ4n) is 3.88. The van der Waals surface area contributed by atoms with Gasteiger partial charge in [-0.25, -0.2) is 4.79 Å². The van der Waals surface area contributed by atoms with Crippen molar-refractivity contribution in [2.24, 2.45) is 0 Å². The molecule has 1 fully saturated rings. The van der Waals surface area contributed by atoms with Crippen LogP contribution in [0.15, 0.2) is 35.1 Å². The van der Waals surface area contributed by atoms with Gasteiger partial charge in [0, 0.05) is 43.5 Å². The van der Waals surface area contributed by atoms with E-state index in [0.29, 0.717) is 11.3 Å². The lowest BCUT2D eigenvalue weighted by Gasteiger charge is -2.36. The molecule has 1 aromatic rings. The monoisotopic (exact) mass is 471 g/mol. The van der Waals surface area contributed by atoms with Crippen LogP contribution in [0.5, 0.6) is 5.75 Å². The smallest absolute Gasteiger partial charge is 0.341 e. The number of carbonyl (C=O) groups excluding carboxylic acids is 3. The summed E-state index contributed by atoms with van der Waals surface area (Å²) in [6.07, 6.45) is 1.60. The molecule has 1 aromatic carbocycles. The third kappa shape index (κ3) is 4.37. The molecular weight excluding hydrogens is 442 g/mol. The second-order valence-corrected chi connectivity index (χ2v) is 7.73. The molecule has 3 rings (SSSR count). The lowest BCUT2D eigenvalue weighted by Crippen LogP contribution is -2.56. The van der Waals surface area contributed by atoms with E-state index in [4.69, 9.17) is 21.7 Å². The Hall–Kier alpha value is -3.20. The van der Waals surface area contributed by atoms with Gasteiger partial charge in [0.25, 0.3) is 11.8 Å². The number of fused-ring (bicyclic) bond motifs is 1. The van der Waals surface area contributed by atoms with Crippen molar-refractivity contribution in [1.82, 2.24) is 9.80 Å². The van der Waals surface area contributed by atoms with Crippen molar-refractivity contribution in [3.63, 3.8) is 0 Å². The maximum Gasteiger partial charge on any atom is 0.341 e. The van der Waals surface area contributed by atoms with Crippen molar-refractivity contribution < 1.29 is 23.9 Å². The largest absolute Gasteiger partial charge is 0.462 e. The molecule has 0 bridgehead atoms. The molecule has 8 nitrogen and oxygen atoms in total. The number of anilines is 1. The molecule has 9 heteroatoms. The summed E-state index contributed by atoms with van der Waals surface area (Å²) >= 11 is 5.35. The van der Waals surface area contributed by atoms with Gasteiger partial charge in [-0.05, 0) is 65.0 Å². The van der Waals surface area contributed by atoms with Crippen molar-refractivity contribution in [2.45, 2.75) is 34.6 Å². The van der Waals surface area contributed by atoms with E-state index in [0.717, 1.165) is 18.8 Å². The third-order valence-corrected chi connectivity index (χ3v) is 6.06. The van der Waals surface area contributed by atoms with E-state index in [9.17, 15) is 14.4 Å². The number of benzene rings is 1. The van der Waals surface area contributed by atoms with Crippen molar-refractivity contribution in [1.29, 1.82) is 0 Å². The Morgan fingerprint density at radius 1 is 1.03 bits per heavy atom. The fraction of sp³-hybridized carbons (Fsp3) is 0.417. The second kappa shape index (κ2) is 10.2. The van der Waals surface area contributed by atoms with Crippen LogP contribution in [0.25, 0.3) is 6.08 Å². The number of thiocarbonyl (C=S) groups is 1. The number of rotatable bonds is 7. The Kier molecular flexibility index (Phi) is 7.53. The third-order valence-electron chi connectivity index (χ3n) is 5.62. The summed E-state index contributed by atoms with van der Waals surface area (Å²) in [6.45, 7) is 11.6. The Bertz CT molecular complexity index is 1030. The average Bonchev–Trinajstić information content (AvgIpc) is 2.80. The van der Waals surface area contributed by atoms with Gasteiger partial charge in [-0.1, -0.05) is 0 Å². The molecule has 0 radical (unpaired) electrons. The van der Waals surface area contributed by atoms with Crippen molar-refractivity contribution in [2.75, 3.05) is 37.7 Å². The number of esters is 1. The zero-order valence-electron chi connectivity index (χ0n) is 19.6. The quantitative estimate of drug-likeness (QED) is 0.262. The Balaban J connectivity index is 2.23. The lowest BCUT2D eigenvalue weighted by molar-refractivity contribution is -0.138. The molecule has 2 amide bonds. The molecule has 0 aromatic heterocycles. The van der Waals surface area contributed by atoms with Gasteiger partial charge in [0.15, 0.2) is 10.9 Å². The highest BCUT2D eigenvalue weighted by Crippen LogP contribution is 2.38. The van der Waals surface area contributed by atoms with E-state index >= 15 is 0 Å². The fourth-order valence-corrected chi connectivity index (χ4v) is 4.31. The number of amides is 2. The van der Waals surface area contributed by atoms with Gasteiger partial charge in [-0.2, -0.15) is 0 Å². The summed E-state index contributed by atoms with van der Waals surface area (Å²) in [7, 11) is 0. The molecule has 33 heavy (non-hydrogen) atoms. The topological polar surface area (TPSA) is 79.4 Å². The molecule has 0 saturated carbocycles. The molecule has 0 spiro atoms. The molecule has 0 atom stereocenters. The van der Waals surface area contributed by atoms with E-state index in [1.807, 2.05) is 18.2 Å². The normalized spacial score (nSPS) is 15.9. The lowest BCUT2D eigenvalue weighted by atomic mass is 9.98. The van der Waals surface area contributed by atoms with Gasteiger partial charge in [-0.15, -0.1) is 0 Å². The number of hydrogen-bond donors (Lipinski definition) is 0. The molecule has 0 N–H and O–H groups in total. The van der Waals surface area contributed by atoms with E-state index in [1.54, 1.807) is 26.8 Å². The standard InChI is InChI=1S/C24H29N3O5S/c1-6-25(7-2)16-12-11-15-13-17(23(30)31-10-5)20(32-18(15)14-16)19-21(28)26(8-3)24(33)27(9-4)22(19)29/h11-14H,6-10H2,1-5H3. The minimum atomic E-state index is -0.668. The Morgan fingerprint density at radius 3 is 2.15 bits per heavy atom. The average molecular weight is 472 g/mol. The molecular formula is C24H29N3O5S. The number of hydrogen-bond acceptors (Lipinski definition) is 7. The minimum Gasteiger partial charge on any atom is -0.462 e. The Labute approximate surface area is 199 Å². The van der Waals surface area contributed by atoms with Crippen LogP contribution in [0.2, 0.25) is 0 Å². The number of likely N-dealkylation sites (N-methyl/N-ethyl adjacent to an activating group) is 2. The first-order chi connectivity index (χ1) is 15.8. The summed E-state index contributed by atoms with van der Waals surface area (Å²) < 4.78 is 11.3. The van der Waals surface area contributed by atoms with E-state index < -0.39 is 17.8 Å². The van der Waals surface area contributed by atoms with Crippen LogP contribution < -0.4 is 9.64 Å². The molecule has 2 aliphatic heterocycles. The predicted octanol–water partition coefficient (Wildman–Crippen LogP) is 3.12. The van der Waals surface area contributed by atoms with Gasteiger partial charge in [0.2, 0.25) is 0 Å². The molecule has 2 aliphatic rings. The van der Waals surface area contributed by atoms with Crippen LogP contribution in [0.4, 0.5) is 5.69 Å². The van der Waals surface area contributed by atoms with Crippen molar-refractivity contribution in [3.05, 3.63) is 40.7 Å². The van der Waals surface area contributed by atoms with Gasteiger partial charge < -0.3 is 14.4 Å². The highest BCUT2D eigenvalue weighted by atomic mass is 32.1. The minimum absolute atomic E-state index is 0.0246. The summed E-state index contributed by atoms with van der Waals surface area (Å²) in [5, 5.41) is 0.140. The first-order valence-electron chi connectivity index (χ1n) is 11.2. The second-order valence-electron chi connectivity index (χ2n) is 7.36. The molecule has 0 aliphatic carbocycles. The zero-order valence-corrected chi connectivity index (χ0v) is 20.5.